The van der Waals surface area contributed by atoms with Gasteiger partial charge >= 0.3 is 0 Å². The molecule has 4 heteroatoms. The summed E-state index contributed by atoms with van der Waals surface area (Å²) in [5.41, 5.74) is 6.75. The molecule has 1 aromatic carbocycles. The topological polar surface area (TPSA) is 29.3 Å². The van der Waals surface area contributed by atoms with Gasteiger partial charge in [-0.25, -0.2) is 0 Å². The zero-order valence-corrected chi connectivity index (χ0v) is 10.6. The second-order valence-corrected chi connectivity index (χ2v) is 5.07. The summed E-state index contributed by atoms with van der Waals surface area (Å²) in [7, 11) is 0. The summed E-state index contributed by atoms with van der Waals surface area (Å²) in [6.45, 7) is 1.80. The molecule has 1 heterocycles. The van der Waals surface area contributed by atoms with Gasteiger partial charge in [0.25, 0.3) is 0 Å². The van der Waals surface area contributed by atoms with Gasteiger partial charge in [0.1, 0.15) is 0 Å². The quantitative estimate of drug-likeness (QED) is 0.902. The summed E-state index contributed by atoms with van der Waals surface area (Å²) < 4.78 is 0. The van der Waals surface area contributed by atoms with Crippen LogP contribution in [0.25, 0.3) is 0 Å². The molecule has 0 bridgehead atoms. The van der Waals surface area contributed by atoms with Gasteiger partial charge in [-0.1, -0.05) is 23.2 Å². The Balaban J connectivity index is 2.21. The van der Waals surface area contributed by atoms with Gasteiger partial charge in [0, 0.05) is 28.3 Å². The van der Waals surface area contributed by atoms with E-state index >= 15 is 0 Å². The van der Waals surface area contributed by atoms with Crippen LogP contribution in [0.1, 0.15) is 19.3 Å². The van der Waals surface area contributed by atoms with E-state index in [-0.39, 0.29) is 0 Å². The maximum Gasteiger partial charge on any atom is 0.0441 e. The van der Waals surface area contributed by atoms with Crippen molar-refractivity contribution in [1.82, 2.24) is 0 Å². The average Bonchev–Trinajstić information content (AvgIpc) is 2.65. The second-order valence-electron chi connectivity index (χ2n) is 4.19. The summed E-state index contributed by atoms with van der Waals surface area (Å²) in [6.07, 6.45) is 3.46. The van der Waals surface area contributed by atoms with Gasteiger partial charge in [-0.05, 0) is 44.0 Å². The first-order valence-corrected chi connectivity index (χ1v) is 6.39. The molecule has 0 aromatic heterocycles. The van der Waals surface area contributed by atoms with E-state index in [2.05, 4.69) is 4.90 Å². The molecule has 0 amide bonds. The zero-order chi connectivity index (χ0) is 11.5. The van der Waals surface area contributed by atoms with E-state index in [1.165, 1.54) is 12.8 Å². The van der Waals surface area contributed by atoms with E-state index < -0.39 is 0 Å². The monoisotopic (exact) mass is 258 g/mol. The third-order valence-corrected chi connectivity index (χ3v) is 3.49. The molecule has 16 heavy (non-hydrogen) atoms. The lowest BCUT2D eigenvalue weighted by Gasteiger charge is -2.26. The predicted octanol–water partition coefficient (Wildman–Crippen LogP) is 3.31. The molecular weight excluding hydrogens is 243 g/mol. The lowest BCUT2D eigenvalue weighted by molar-refractivity contribution is 0.618. The Morgan fingerprint density at radius 2 is 1.94 bits per heavy atom. The summed E-state index contributed by atoms with van der Waals surface area (Å²) in [5.74, 6) is 0. The van der Waals surface area contributed by atoms with Crippen LogP contribution in [0.5, 0.6) is 0 Å². The van der Waals surface area contributed by atoms with Gasteiger partial charge in [0.15, 0.2) is 0 Å². The first kappa shape index (κ1) is 12.0. The Hall–Kier alpha value is -0.440. The van der Waals surface area contributed by atoms with Crippen molar-refractivity contribution in [2.45, 2.75) is 25.3 Å². The van der Waals surface area contributed by atoms with E-state index in [0.717, 1.165) is 25.2 Å². The SMILES string of the molecule is NCCC1CCCN1c1cc(Cl)cc(Cl)c1. The summed E-state index contributed by atoms with van der Waals surface area (Å²) in [4.78, 5) is 2.37. The van der Waals surface area contributed by atoms with Gasteiger partial charge in [-0.15, -0.1) is 0 Å². The average molecular weight is 259 g/mol. The number of halogens is 2. The molecule has 2 N–H and O–H groups in total. The number of hydrogen-bond acceptors (Lipinski definition) is 2. The van der Waals surface area contributed by atoms with Crippen molar-refractivity contribution >= 4 is 28.9 Å². The normalized spacial score (nSPS) is 20.4. The number of nitrogens with zero attached hydrogens (tertiary/aromatic N) is 1. The largest absolute Gasteiger partial charge is 0.368 e. The third-order valence-electron chi connectivity index (χ3n) is 3.06. The van der Waals surface area contributed by atoms with Crippen molar-refractivity contribution in [3.63, 3.8) is 0 Å². The molecule has 0 saturated carbocycles. The van der Waals surface area contributed by atoms with Crippen LogP contribution in [0.2, 0.25) is 10.0 Å². The van der Waals surface area contributed by atoms with Crippen LogP contribution in [-0.4, -0.2) is 19.1 Å². The highest BCUT2D eigenvalue weighted by Crippen LogP contribution is 2.31. The Morgan fingerprint density at radius 3 is 2.56 bits per heavy atom. The number of benzene rings is 1. The minimum atomic E-state index is 0.541. The summed E-state index contributed by atoms with van der Waals surface area (Å²) in [5, 5.41) is 1.39. The van der Waals surface area contributed by atoms with Gasteiger partial charge < -0.3 is 10.6 Å². The fourth-order valence-electron chi connectivity index (χ4n) is 2.37. The lowest BCUT2D eigenvalue weighted by atomic mass is 10.1. The zero-order valence-electron chi connectivity index (χ0n) is 9.13. The maximum atomic E-state index is 6.02. The molecule has 0 radical (unpaired) electrons. The van der Waals surface area contributed by atoms with Crippen molar-refractivity contribution in [3.05, 3.63) is 28.2 Å². The van der Waals surface area contributed by atoms with E-state index in [0.29, 0.717) is 16.1 Å². The van der Waals surface area contributed by atoms with Crippen molar-refractivity contribution in [2.24, 2.45) is 5.73 Å². The molecule has 1 aliphatic rings. The van der Waals surface area contributed by atoms with E-state index in [9.17, 15) is 0 Å². The summed E-state index contributed by atoms with van der Waals surface area (Å²) in [6, 6.07) is 6.25. The predicted molar refractivity (Wildman–Crippen MR) is 70.5 cm³/mol. The summed E-state index contributed by atoms with van der Waals surface area (Å²) >= 11 is 12.0. The fourth-order valence-corrected chi connectivity index (χ4v) is 2.89. The van der Waals surface area contributed by atoms with Crippen molar-refractivity contribution in [3.8, 4) is 0 Å². The van der Waals surface area contributed by atoms with Crippen LogP contribution in [0.15, 0.2) is 18.2 Å². The smallest absolute Gasteiger partial charge is 0.0441 e. The number of rotatable bonds is 3. The van der Waals surface area contributed by atoms with Gasteiger partial charge in [0.05, 0.1) is 0 Å². The van der Waals surface area contributed by atoms with E-state index in [1.807, 2.05) is 12.1 Å². The Kier molecular flexibility index (Phi) is 3.95. The molecule has 1 saturated heterocycles. The molecule has 2 nitrogen and oxygen atoms in total. The van der Waals surface area contributed by atoms with Gasteiger partial charge in [-0.3, -0.25) is 0 Å². The molecule has 88 valence electrons. The third kappa shape index (κ3) is 2.62. The first-order valence-electron chi connectivity index (χ1n) is 5.63. The fraction of sp³-hybridized carbons (Fsp3) is 0.500. The molecule has 2 rings (SSSR count). The van der Waals surface area contributed by atoms with Crippen molar-refractivity contribution in [1.29, 1.82) is 0 Å². The van der Waals surface area contributed by atoms with Crippen molar-refractivity contribution < 1.29 is 0 Å². The second kappa shape index (κ2) is 5.26. The Labute approximate surface area is 106 Å². The highest BCUT2D eigenvalue weighted by Gasteiger charge is 2.24. The molecule has 1 atom stereocenters. The van der Waals surface area contributed by atoms with Crippen LogP contribution in [0.4, 0.5) is 5.69 Å². The molecular formula is C12H16Cl2N2. The van der Waals surface area contributed by atoms with Crippen LogP contribution in [0.3, 0.4) is 0 Å². The molecule has 0 aliphatic carbocycles. The minimum Gasteiger partial charge on any atom is -0.368 e. The standard InChI is InChI=1S/C12H16Cl2N2/c13-9-6-10(14)8-12(7-9)16-5-1-2-11(16)3-4-15/h6-8,11H,1-5,15H2. The minimum absolute atomic E-state index is 0.541. The Bertz CT molecular complexity index is 348. The highest BCUT2D eigenvalue weighted by molar-refractivity contribution is 6.35. The van der Waals surface area contributed by atoms with Crippen LogP contribution >= 0.6 is 23.2 Å². The number of anilines is 1. The molecule has 0 spiro atoms. The lowest BCUT2D eigenvalue weighted by Crippen LogP contribution is -2.31. The number of nitrogens with two attached hydrogens (primary N) is 1. The number of hydrogen-bond donors (Lipinski definition) is 1. The highest BCUT2D eigenvalue weighted by atomic mass is 35.5. The molecule has 1 unspecified atom stereocenters. The van der Waals surface area contributed by atoms with E-state index in [1.54, 1.807) is 6.07 Å². The van der Waals surface area contributed by atoms with Crippen LogP contribution < -0.4 is 10.6 Å². The van der Waals surface area contributed by atoms with Crippen molar-refractivity contribution in [2.75, 3.05) is 18.0 Å². The maximum absolute atomic E-state index is 6.02. The van der Waals surface area contributed by atoms with Crippen LogP contribution in [0, 0.1) is 0 Å². The molecule has 1 aromatic rings. The van der Waals surface area contributed by atoms with Gasteiger partial charge in [-0.2, -0.15) is 0 Å². The molecule has 1 fully saturated rings. The first-order chi connectivity index (χ1) is 7.70. The van der Waals surface area contributed by atoms with E-state index in [4.69, 9.17) is 28.9 Å². The molecule has 1 aliphatic heterocycles. The van der Waals surface area contributed by atoms with Crippen LogP contribution in [-0.2, 0) is 0 Å². The van der Waals surface area contributed by atoms with Gasteiger partial charge in [0.2, 0.25) is 0 Å². The Morgan fingerprint density at radius 1 is 1.25 bits per heavy atom.